The molecule has 3 heteroatoms. The minimum absolute atomic E-state index is 1.17. The van der Waals surface area contributed by atoms with Crippen molar-refractivity contribution in [1.82, 2.24) is 13.7 Å². The highest BCUT2D eigenvalue weighted by Crippen LogP contribution is 2.39. The van der Waals surface area contributed by atoms with Gasteiger partial charge in [0.25, 0.3) is 0 Å². The molecule has 0 saturated heterocycles. The monoisotopic (exact) mass is 523 g/mol. The average molecular weight is 524 g/mol. The molecule has 0 unspecified atom stereocenters. The number of fused-ring (bicyclic) bond motifs is 8. The molecule has 0 N–H and O–H groups in total. The molecule has 192 valence electrons. The fourth-order valence-electron chi connectivity index (χ4n) is 6.73. The molecule has 0 bridgehead atoms. The maximum absolute atomic E-state index is 2.43. The standard InChI is InChI=1S/C38H25N3/c1-3-11-26(12-4-1)39-24-23-31-33(39)21-22-37-38(31)30-16-8-10-18-35(30)41(37)28-19-20-36-32(25-28)29-15-7-9-17-34(29)40(36)27-13-5-2-6-14-27/h1-25H. The zero-order chi connectivity index (χ0) is 26.9. The average Bonchev–Trinajstić information content (AvgIpc) is 3.71. The van der Waals surface area contributed by atoms with Crippen molar-refractivity contribution in [3.05, 3.63) is 152 Å². The highest BCUT2D eigenvalue weighted by atomic mass is 15.0. The van der Waals surface area contributed by atoms with Crippen LogP contribution in [0.5, 0.6) is 0 Å². The Kier molecular flexibility index (Phi) is 4.61. The topological polar surface area (TPSA) is 14.8 Å². The fourth-order valence-corrected chi connectivity index (χ4v) is 6.73. The summed E-state index contributed by atoms with van der Waals surface area (Å²) >= 11 is 0. The highest BCUT2D eigenvalue weighted by Gasteiger charge is 2.18. The first-order chi connectivity index (χ1) is 20.4. The molecule has 0 fully saturated rings. The predicted octanol–water partition coefficient (Wildman–Crippen LogP) is 9.82. The third-order valence-electron chi connectivity index (χ3n) is 8.47. The van der Waals surface area contributed by atoms with Gasteiger partial charge in [-0.1, -0.05) is 72.8 Å². The van der Waals surface area contributed by atoms with Crippen LogP contribution in [0.3, 0.4) is 0 Å². The lowest BCUT2D eigenvalue weighted by Gasteiger charge is -2.10. The fraction of sp³-hybridized carbons (Fsp3) is 0. The predicted molar refractivity (Wildman–Crippen MR) is 172 cm³/mol. The van der Waals surface area contributed by atoms with Crippen molar-refractivity contribution in [2.24, 2.45) is 0 Å². The zero-order valence-electron chi connectivity index (χ0n) is 22.3. The Morgan fingerprint density at radius 3 is 1.63 bits per heavy atom. The number of hydrogen-bond donors (Lipinski definition) is 0. The first kappa shape index (κ1) is 22.3. The van der Waals surface area contributed by atoms with E-state index in [-0.39, 0.29) is 0 Å². The third-order valence-corrected chi connectivity index (χ3v) is 8.47. The maximum Gasteiger partial charge on any atom is 0.0548 e. The van der Waals surface area contributed by atoms with E-state index >= 15 is 0 Å². The Morgan fingerprint density at radius 1 is 0.317 bits per heavy atom. The Labute approximate surface area is 236 Å². The minimum Gasteiger partial charge on any atom is -0.317 e. The molecule has 0 aliphatic carbocycles. The summed E-state index contributed by atoms with van der Waals surface area (Å²) < 4.78 is 7.08. The molecule has 0 saturated carbocycles. The quantitative estimate of drug-likeness (QED) is 0.219. The van der Waals surface area contributed by atoms with Gasteiger partial charge >= 0.3 is 0 Å². The summed E-state index contributed by atoms with van der Waals surface area (Å²) in [7, 11) is 0. The molecular formula is C38H25N3. The lowest BCUT2D eigenvalue weighted by atomic mass is 10.1. The lowest BCUT2D eigenvalue weighted by molar-refractivity contribution is 1.13. The van der Waals surface area contributed by atoms with Gasteiger partial charge in [0.2, 0.25) is 0 Å². The lowest BCUT2D eigenvalue weighted by Crippen LogP contribution is -1.95. The minimum atomic E-state index is 1.17. The molecule has 0 aliphatic heterocycles. The van der Waals surface area contributed by atoms with Gasteiger partial charge in [0.05, 0.1) is 27.6 Å². The summed E-state index contributed by atoms with van der Waals surface area (Å²) in [6.07, 6.45) is 2.19. The number of aromatic nitrogens is 3. The normalized spacial score (nSPS) is 11.9. The molecule has 9 rings (SSSR count). The zero-order valence-corrected chi connectivity index (χ0v) is 22.3. The van der Waals surface area contributed by atoms with Crippen molar-refractivity contribution < 1.29 is 0 Å². The van der Waals surface area contributed by atoms with Gasteiger partial charge in [-0.2, -0.15) is 0 Å². The molecule has 41 heavy (non-hydrogen) atoms. The summed E-state index contributed by atoms with van der Waals surface area (Å²) in [6.45, 7) is 0. The number of rotatable bonds is 3. The van der Waals surface area contributed by atoms with Gasteiger partial charge in [0, 0.05) is 50.2 Å². The molecule has 0 spiro atoms. The molecule has 0 atom stereocenters. The van der Waals surface area contributed by atoms with Crippen LogP contribution in [0.25, 0.3) is 71.6 Å². The van der Waals surface area contributed by atoms with Gasteiger partial charge in [-0.25, -0.2) is 0 Å². The summed E-state index contributed by atoms with van der Waals surface area (Å²) in [4.78, 5) is 0. The third kappa shape index (κ3) is 3.14. The summed E-state index contributed by atoms with van der Waals surface area (Å²) in [5.41, 5.74) is 9.60. The molecule has 0 radical (unpaired) electrons. The number of hydrogen-bond acceptors (Lipinski definition) is 0. The van der Waals surface area contributed by atoms with Crippen molar-refractivity contribution in [2.75, 3.05) is 0 Å². The number of para-hydroxylation sites is 4. The van der Waals surface area contributed by atoms with Crippen LogP contribution in [0.2, 0.25) is 0 Å². The largest absolute Gasteiger partial charge is 0.317 e. The van der Waals surface area contributed by atoms with Crippen LogP contribution in [0, 0.1) is 0 Å². The van der Waals surface area contributed by atoms with Gasteiger partial charge in [-0.3, -0.25) is 0 Å². The molecule has 6 aromatic carbocycles. The molecule has 3 nitrogen and oxygen atoms in total. The van der Waals surface area contributed by atoms with Crippen LogP contribution in [-0.4, -0.2) is 13.7 Å². The second kappa shape index (κ2) is 8.48. The second-order valence-electron chi connectivity index (χ2n) is 10.7. The molecule has 0 amide bonds. The van der Waals surface area contributed by atoms with Gasteiger partial charge in [0.1, 0.15) is 0 Å². The highest BCUT2D eigenvalue weighted by molar-refractivity contribution is 6.21. The molecule has 3 heterocycles. The summed E-state index contributed by atoms with van der Waals surface area (Å²) in [5, 5.41) is 6.34. The first-order valence-corrected chi connectivity index (χ1v) is 14.0. The van der Waals surface area contributed by atoms with E-state index in [1.54, 1.807) is 0 Å². The summed E-state index contributed by atoms with van der Waals surface area (Å²) in [5.74, 6) is 0. The summed E-state index contributed by atoms with van der Waals surface area (Å²) in [6, 6.07) is 52.5. The van der Waals surface area contributed by atoms with Crippen LogP contribution >= 0.6 is 0 Å². The maximum atomic E-state index is 2.43. The van der Waals surface area contributed by atoms with E-state index in [1.165, 1.54) is 71.6 Å². The number of nitrogens with zero attached hydrogens (tertiary/aromatic N) is 3. The van der Waals surface area contributed by atoms with Crippen LogP contribution in [-0.2, 0) is 0 Å². The SMILES string of the molecule is c1ccc(-n2ccc3c4c5ccccc5n(-c5ccc6c(c5)c5ccccc5n6-c5ccccc5)c4ccc32)cc1. The Hall–Kier alpha value is -5.54. The van der Waals surface area contributed by atoms with E-state index in [2.05, 4.69) is 165 Å². The van der Waals surface area contributed by atoms with Crippen molar-refractivity contribution >= 4 is 54.5 Å². The van der Waals surface area contributed by atoms with Gasteiger partial charge < -0.3 is 13.7 Å². The second-order valence-corrected chi connectivity index (χ2v) is 10.7. The van der Waals surface area contributed by atoms with Crippen LogP contribution in [0.1, 0.15) is 0 Å². The molecular weight excluding hydrogens is 498 g/mol. The smallest absolute Gasteiger partial charge is 0.0548 e. The molecule has 0 aliphatic rings. The van der Waals surface area contributed by atoms with Crippen molar-refractivity contribution in [2.45, 2.75) is 0 Å². The Morgan fingerprint density at radius 2 is 0.854 bits per heavy atom. The first-order valence-electron chi connectivity index (χ1n) is 14.0. The van der Waals surface area contributed by atoms with Crippen LogP contribution in [0.4, 0.5) is 0 Å². The van der Waals surface area contributed by atoms with Crippen molar-refractivity contribution in [3.63, 3.8) is 0 Å². The van der Waals surface area contributed by atoms with Gasteiger partial charge in [-0.15, -0.1) is 0 Å². The van der Waals surface area contributed by atoms with Gasteiger partial charge in [-0.05, 0) is 72.8 Å². The van der Waals surface area contributed by atoms with Crippen molar-refractivity contribution in [1.29, 1.82) is 0 Å². The van der Waals surface area contributed by atoms with Crippen LogP contribution in [0.15, 0.2) is 152 Å². The van der Waals surface area contributed by atoms with Crippen molar-refractivity contribution in [3.8, 4) is 17.1 Å². The van der Waals surface area contributed by atoms with E-state index in [4.69, 9.17) is 0 Å². The van der Waals surface area contributed by atoms with E-state index in [9.17, 15) is 0 Å². The van der Waals surface area contributed by atoms with E-state index in [0.717, 1.165) is 0 Å². The molecule has 3 aromatic heterocycles. The van der Waals surface area contributed by atoms with Crippen LogP contribution < -0.4 is 0 Å². The molecule has 9 aromatic rings. The number of benzene rings is 6. The Balaban J connectivity index is 1.34. The van der Waals surface area contributed by atoms with E-state index < -0.39 is 0 Å². The van der Waals surface area contributed by atoms with E-state index in [0.29, 0.717) is 0 Å². The Bertz CT molecular complexity index is 2400. The van der Waals surface area contributed by atoms with Gasteiger partial charge in [0.15, 0.2) is 0 Å². The van der Waals surface area contributed by atoms with E-state index in [1.807, 2.05) is 0 Å².